The lowest BCUT2D eigenvalue weighted by molar-refractivity contribution is 0.0951. The van der Waals surface area contributed by atoms with Gasteiger partial charge >= 0.3 is 0 Å². The average Bonchev–Trinajstić information content (AvgIpc) is 2.48. The van der Waals surface area contributed by atoms with E-state index in [1.807, 2.05) is 36.4 Å². The van der Waals surface area contributed by atoms with E-state index in [2.05, 4.69) is 21.2 Å². The largest absolute Gasteiger partial charge is 0.496 e. The lowest BCUT2D eigenvalue weighted by Gasteiger charge is -2.09. The molecule has 0 fully saturated rings. The van der Waals surface area contributed by atoms with Gasteiger partial charge in [0.05, 0.1) is 12.7 Å². The van der Waals surface area contributed by atoms with Gasteiger partial charge in [-0.05, 0) is 30.2 Å². The molecule has 104 valence electrons. The molecule has 0 saturated carbocycles. The molecule has 2 aromatic carbocycles. The van der Waals surface area contributed by atoms with Crippen LogP contribution in [0.1, 0.15) is 15.9 Å². The summed E-state index contributed by atoms with van der Waals surface area (Å²) >= 11 is 3.36. The van der Waals surface area contributed by atoms with Crippen LogP contribution in [-0.4, -0.2) is 19.6 Å². The van der Waals surface area contributed by atoms with Crippen LogP contribution in [0, 0.1) is 0 Å². The highest BCUT2D eigenvalue weighted by atomic mass is 79.9. The summed E-state index contributed by atoms with van der Waals surface area (Å²) in [6, 6.07) is 15.4. The van der Waals surface area contributed by atoms with E-state index < -0.39 is 0 Å². The molecule has 2 rings (SSSR count). The maximum atomic E-state index is 12.1. The van der Waals surface area contributed by atoms with E-state index in [1.54, 1.807) is 19.2 Å². The average molecular weight is 334 g/mol. The monoisotopic (exact) mass is 333 g/mol. The first-order valence-electron chi connectivity index (χ1n) is 6.36. The third-order valence-corrected chi connectivity index (χ3v) is 3.44. The number of ether oxygens (including phenoxy) is 1. The van der Waals surface area contributed by atoms with Crippen molar-refractivity contribution in [2.24, 2.45) is 0 Å². The molecule has 0 aromatic heterocycles. The van der Waals surface area contributed by atoms with E-state index in [4.69, 9.17) is 4.74 Å². The number of nitrogens with one attached hydrogen (secondary N) is 1. The number of methoxy groups -OCH3 is 1. The normalized spacial score (nSPS) is 10.1. The summed E-state index contributed by atoms with van der Waals surface area (Å²) in [5.41, 5.74) is 1.75. The van der Waals surface area contributed by atoms with E-state index in [0.29, 0.717) is 17.9 Å². The fourth-order valence-electron chi connectivity index (χ4n) is 1.91. The molecule has 0 atom stereocenters. The zero-order valence-corrected chi connectivity index (χ0v) is 12.8. The smallest absolute Gasteiger partial charge is 0.255 e. The standard InChI is InChI=1S/C16H16BrNO2/c1-20-15-11-13(17)7-8-14(15)16(19)18-10-9-12-5-3-2-4-6-12/h2-8,11H,9-10H2,1H3,(H,18,19). The van der Waals surface area contributed by atoms with Gasteiger partial charge in [0.1, 0.15) is 5.75 Å². The highest BCUT2D eigenvalue weighted by molar-refractivity contribution is 9.10. The molecule has 4 heteroatoms. The van der Waals surface area contributed by atoms with Gasteiger partial charge in [-0.3, -0.25) is 4.79 Å². The molecular formula is C16H16BrNO2. The second-order valence-corrected chi connectivity index (χ2v) is 5.25. The van der Waals surface area contributed by atoms with Gasteiger partial charge in [0, 0.05) is 11.0 Å². The molecule has 0 heterocycles. The Morgan fingerprint density at radius 1 is 1.20 bits per heavy atom. The van der Waals surface area contributed by atoms with Gasteiger partial charge in [0.2, 0.25) is 0 Å². The number of halogens is 1. The number of rotatable bonds is 5. The van der Waals surface area contributed by atoms with Crippen LogP contribution < -0.4 is 10.1 Å². The van der Waals surface area contributed by atoms with Crippen molar-refractivity contribution < 1.29 is 9.53 Å². The van der Waals surface area contributed by atoms with Gasteiger partial charge in [-0.1, -0.05) is 46.3 Å². The zero-order valence-electron chi connectivity index (χ0n) is 11.2. The highest BCUT2D eigenvalue weighted by Crippen LogP contribution is 2.23. The van der Waals surface area contributed by atoms with Crippen molar-refractivity contribution >= 4 is 21.8 Å². The second-order valence-electron chi connectivity index (χ2n) is 4.34. The Labute approximate surface area is 127 Å². The molecule has 0 spiro atoms. The maximum absolute atomic E-state index is 12.1. The molecule has 0 radical (unpaired) electrons. The molecule has 2 aromatic rings. The van der Waals surface area contributed by atoms with E-state index in [0.717, 1.165) is 10.9 Å². The van der Waals surface area contributed by atoms with Gasteiger partial charge in [-0.2, -0.15) is 0 Å². The first-order chi connectivity index (χ1) is 9.70. The van der Waals surface area contributed by atoms with Crippen LogP contribution in [0.2, 0.25) is 0 Å². The molecule has 0 bridgehead atoms. The van der Waals surface area contributed by atoms with Gasteiger partial charge in [0.25, 0.3) is 5.91 Å². The van der Waals surface area contributed by atoms with Crippen LogP contribution >= 0.6 is 15.9 Å². The summed E-state index contributed by atoms with van der Waals surface area (Å²) in [4.78, 5) is 12.1. The van der Waals surface area contributed by atoms with Crippen LogP contribution in [-0.2, 0) is 6.42 Å². The van der Waals surface area contributed by atoms with Crippen molar-refractivity contribution in [3.63, 3.8) is 0 Å². The summed E-state index contributed by atoms with van der Waals surface area (Å²) in [5.74, 6) is 0.446. The summed E-state index contributed by atoms with van der Waals surface area (Å²) < 4.78 is 6.11. The lowest BCUT2D eigenvalue weighted by Crippen LogP contribution is -2.26. The predicted octanol–water partition coefficient (Wildman–Crippen LogP) is 3.43. The third kappa shape index (κ3) is 3.84. The lowest BCUT2D eigenvalue weighted by atomic mass is 10.1. The van der Waals surface area contributed by atoms with Gasteiger partial charge in [-0.15, -0.1) is 0 Å². The first kappa shape index (κ1) is 14.6. The minimum atomic E-state index is -0.120. The maximum Gasteiger partial charge on any atom is 0.255 e. The topological polar surface area (TPSA) is 38.3 Å². The van der Waals surface area contributed by atoms with E-state index in [9.17, 15) is 4.79 Å². The Bertz CT molecular complexity index is 584. The number of hydrogen-bond acceptors (Lipinski definition) is 2. The van der Waals surface area contributed by atoms with Crippen molar-refractivity contribution in [1.82, 2.24) is 5.32 Å². The molecule has 3 nitrogen and oxygen atoms in total. The third-order valence-electron chi connectivity index (χ3n) is 2.95. The molecule has 0 aliphatic rings. The Kier molecular flexibility index (Phi) is 5.18. The quantitative estimate of drug-likeness (QED) is 0.910. The van der Waals surface area contributed by atoms with E-state index in [-0.39, 0.29) is 5.91 Å². The van der Waals surface area contributed by atoms with Crippen molar-refractivity contribution in [3.8, 4) is 5.75 Å². The van der Waals surface area contributed by atoms with Crippen molar-refractivity contribution in [2.45, 2.75) is 6.42 Å². The van der Waals surface area contributed by atoms with E-state index in [1.165, 1.54) is 5.56 Å². The van der Waals surface area contributed by atoms with Crippen LogP contribution in [0.4, 0.5) is 0 Å². The van der Waals surface area contributed by atoms with Crippen LogP contribution in [0.15, 0.2) is 53.0 Å². The molecule has 1 amide bonds. The molecule has 0 aliphatic heterocycles. The SMILES string of the molecule is COc1cc(Br)ccc1C(=O)NCCc1ccccc1. The number of carbonyl (C=O) groups excluding carboxylic acids is 1. The molecular weight excluding hydrogens is 318 g/mol. The van der Waals surface area contributed by atoms with Crippen LogP contribution in [0.25, 0.3) is 0 Å². The van der Waals surface area contributed by atoms with Crippen LogP contribution in [0.3, 0.4) is 0 Å². The zero-order chi connectivity index (χ0) is 14.4. The number of benzene rings is 2. The summed E-state index contributed by atoms with van der Waals surface area (Å²) in [5, 5.41) is 2.91. The fraction of sp³-hybridized carbons (Fsp3) is 0.188. The Morgan fingerprint density at radius 2 is 1.95 bits per heavy atom. The second kappa shape index (κ2) is 7.10. The number of hydrogen-bond donors (Lipinski definition) is 1. The fourth-order valence-corrected chi connectivity index (χ4v) is 2.25. The van der Waals surface area contributed by atoms with Gasteiger partial charge in [0.15, 0.2) is 0 Å². The Morgan fingerprint density at radius 3 is 2.65 bits per heavy atom. The molecule has 0 saturated heterocycles. The van der Waals surface area contributed by atoms with E-state index >= 15 is 0 Å². The predicted molar refractivity (Wildman–Crippen MR) is 83.2 cm³/mol. The highest BCUT2D eigenvalue weighted by Gasteiger charge is 2.11. The Hall–Kier alpha value is -1.81. The molecule has 0 aliphatic carbocycles. The van der Waals surface area contributed by atoms with Gasteiger partial charge < -0.3 is 10.1 Å². The molecule has 20 heavy (non-hydrogen) atoms. The summed E-state index contributed by atoms with van der Waals surface area (Å²) in [6.45, 7) is 0.599. The minimum Gasteiger partial charge on any atom is -0.496 e. The van der Waals surface area contributed by atoms with Gasteiger partial charge in [-0.25, -0.2) is 0 Å². The number of carbonyl (C=O) groups is 1. The van der Waals surface area contributed by atoms with Crippen molar-refractivity contribution in [2.75, 3.05) is 13.7 Å². The Balaban J connectivity index is 1.95. The summed E-state index contributed by atoms with van der Waals surface area (Å²) in [7, 11) is 1.56. The van der Waals surface area contributed by atoms with Crippen molar-refractivity contribution in [1.29, 1.82) is 0 Å². The summed E-state index contributed by atoms with van der Waals surface area (Å²) in [6.07, 6.45) is 0.811. The molecule has 0 unspecified atom stereocenters. The molecule has 1 N–H and O–H groups in total. The minimum absolute atomic E-state index is 0.120. The van der Waals surface area contributed by atoms with Crippen molar-refractivity contribution in [3.05, 3.63) is 64.1 Å². The van der Waals surface area contributed by atoms with Crippen LogP contribution in [0.5, 0.6) is 5.75 Å². The number of amides is 1. The first-order valence-corrected chi connectivity index (χ1v) is 7.15.